The maximum atomic E-state index is 13.6. The van der Waals surface area contributed by atoms with Crippen LogP contribution in [0.15, 0.2) is 64.8 Å². The summed E-state index contributed by atoms with van der Waals surface area (Å²) in [6.07, 6.45) is 3.47. The van der Waals surface area contributed by atoms with Crippen LogP contribution in [0.25, 0.3) is 21.9 Å². The van der Waals surface area contributed by atoms with E-state index in [-0.39, 0.29) is 35.3 Å². The van der Waals surface area contributed by atoms with Gasteiger partial charge in [0.1, 0.15) is 22.9 Å². The molecule has 0 saturated heterocycles. The molecule has 1 fully saturated rings. The van der Waals surface area contributed by atoms with E-state index in [1.165, 1.54) is 28.7 Å². The number of benzene rings is 2. The highest BCUT2D eigenvalue weighted by atomic mass is 32.1. The van der Waals surface area contributed by atoms with E-state index in [2.05, 4.69) is 66.4 Å². The molecule has 4 N–H and O–H groups in total. The first-order valence-electron chi connectivity index (χ1n) is 21.7. The summed E-state index contributed by atoms with van der Waals surface area (Å²) in [6, 6.07) is 16.4. The minimum Gasteiger partial charge on any atom is -0.506 e. The minimum absolute atomic E-state index is 0.0110. The van der Waals surface area contributed by atoms with E-state index in [0.717, 1.165) is 71.1 Å². The highest BCUT2D eigenvalue weighted by molar-refractivity contribution is 7.13. The predicted octanol–water partition coefficient (Wildman–Crippen LogP) is 8.10. The van der Waals surface area contributed by atoms with Crippen molar-refractivity contribution in [2.75, 3.05) is 26.9 Å². The minimum atomic E-state index is -2.27. The molecule has 2 aliphatic rings. The fraction of sp³-hybridized carbons (Fsp3) is 0.478. The van der Waals surface area contributed by atoms with Crippen molar-refractivity contribution in [1.29, 1.82) is 0 Å². The second-order valence-electron chi connectivity index (χ2n) is 18.3. The Bertz CT molecular complexity index is 2630. The highest BCUT2D eigenvalue weighted by Crippen LogP contribution is 2.44. The summed E-state index contributed by atoms with van der Waals surface area (Å²) in [5, 5.41) is 37.6. The van der Waals surface area contributed by atoms with Crippen LogP contribution in [0.1, 0.15) is 84.7 Å². The zero-order valence-electron chi connectivity index (χ0n) is 37.0. The van der Waals surface area contributed by atoms with Crippen LogP contribution in [0.4, 0.5) is 0 Å². The number of aromatic nitrogens is 4. The fourth-order valence-electron chi connectivity index (χ4n) is 8.42. The predicted molar refractivity (Wildman–Crippen MR) is 248 cm³/mol. The molecule has 14 nitrogen and oxygen atoms in total. The average molecular weight is 915 g/mol. The van der Waals surface area contributed by atoms with Crippen molar-refractivity contribution in [3.8, 4) is 17.2 Å². The zero-order valence-corrected chi connectivity index (χ0v) is 39.7. The molecule has 0 bridgehead atoms. The lowest BCUT2D eigenvalue weighted by Gasteiger charge is -2.39. The molecule has 5 heterocycles. The number of hydrogen-bond acceptors (Lipinski definition) is 14. The van der Waals surface area contributed by atoms with Crippen molar-refractivity contribution in [3.05, 3.63) is 96.1 Å². The number of phenols is 1. The van der Waals surface area contributed by atoms with Gasteiger partial charge in [0.25, 0.3) is 0 Å². The van der Waals surface area contributed by atoms with Crippen molar-refractivity contribution in [1.82, 2.24) is 30.2 Å². The van der Waals surface area contributed by atoms with Gasteiger partial charge in [0.05, 0.1) is 21.4 Å². The Kier molecular flexibility index (Phi) is 12.9. The summed E-state index contributed by atoms with van der Waals surface area (Å²) in [5.41, 5.74) is 1.60. The van der Waals surface area contributed by atoms with Gasteiger partial charge >= 0.3 is 5.97 Å². The molecule has 0 spiro atoms. The quantitative estimate of drug-likeness (QED) is 0.0544. The molecule has 4 aromatic heterocycles. The molecule has 1 aliphatic heterocycles. The number of esters is 1. The molecule has 17 heteroatoms. The van der Waals surface area contributed by atoms with Crippen LogP contribution < -0.4 is 20.3 Å². The Hall–Kier alpha value is -4.62. The topological polar surface area (TPSA) is 173 Å². The Balaban J connectivity index is 0.885. The molecule has 2 aromatic carbocycles. The first-order chi connectivity index (χ1) is 30.0. The van der Waals surface area contributed by atoms with E-state index >= 15 is 0 Å². The number of fused-ring (bicyclic) bond motifs is 4. The van der Waals surface area contributed by atoms with Crippen molar-refractivity contribution in [2.45, 2.75) is 115 Å². The van der Waals surface area contributed by atoms with Gasteiger partial charge in [0.2, 0.25) is 18.0 Å². The fourth-order valence-corrected chi connectivity index (χ4v) is 11.5. The largest absolute Gasteiger partial charge is 0.506 e. The first kappa shape index (κ1) is 45.0. The smallest absolute Gasteiger partial charge is 0.349 e. The van der Waals surface area contributed by atoms with Crippen molar-refractivity contribution < 1.29 is 33.6 Å². The lowest BCUT2D eigenvalue weighted by atomic mass is 9.91. The second kappa shape index (κ2) is 18.1. The number of rotatable bonds is 16. The number of aromatic hydroxyl groups is 1. The lowest BCUT2D eigenvalue weighted by molar-refractivity contribution is -0.169. The summed E-state index contributed by atoms with van der Waals surface area (Å²) in [5.74, 6) is 0.713. The summed E-state index contributed by atoms with van der Waals surface area (Å²) in [4.78, 5) is 33.1. The molecule has 1 aliphatic carbocycles. The third-order valence-corrected chi connectivity index (χ3v) is 19.6. The lowest BCUT2D eigenvalue weighted by Crippen LogP contribution is -2.43. The molecule has 6 aromatic rings. The standard InChI is InChI=1S/C46H58N6O8S2Si/c1-28-11-19-38(62-28)46(56,37-10-8-23-61-37)44(55)59-31-14-12-30(13-15-31)51(5)21-9-22-52-41-34(49-50-52)24-29(42-43(41)58-27-57-42)25-47-26-36(60-63(6,7)45(2,3)4)32-16-18-35(53)40-33(32)17-20-39(54)48-40/h8,10-11,16-20,23-24,30-31,36,47,53,56H,9,12-15,21-22,25-27H2,1-7H3,(H,48,54)/t30-,31-,36-,46-/m0/s1. The molecule has 63 heavy (non-hydrogen) atoms. The van der Waals surface area contributed by atoms with Crippen LogP contribution in [-0.2, 0) is 32.6 Å². The number of thiophene rings is 2. The number of carbonyl (C=O) groups excluding carboxylic acids is 1. The summed E-state index contributed by atoms with van der Waals surface area (Å²) >= 11 is 2.77. The summed E-state index contributed by atoms with van der Waals surface area (Å²) in [7, 11) is -0.124. The zero-order chi connectivity index (χ0) is 44.7. The molecule has 0 amide bonds. The number of ether oxygens (including phenoxy) is 3. The number of phenolic OH excluding ortho intramolecular Hbond substituents is 1. The van der Waals surface area contributed by atoms with Gasteiger partial charge in [-0.1, -0.05) is 38.1 Å². The highest BCUT2D eigenvalue weighted by Gasteiger charge is 2.45. The molecule has 8 rings (SSSR count). The van der Waals surface area contributed by atoms with Crippen molar-refractivity contribution in [3.63, 3.8) is 0 Å². The Morgan fingerprint density at radius 2 is 1.86 bits per heavy atom. The van der Waals surface area contributed by atoms with E-state index in [1.807, 2.05) is 47.3 Å². The van der Waals surface area contributed by atoms with Crippen LogP contribution in [0.5, 0.6) is 17.2 Å². The Labute approximate surface area is 376 Å². The van der Waals surface area contributed by atoms with E-state index < -0.39 is 19.9 Å². The molecule has 0 radical (unpaired) electrons. The molecule has 0 unspecified atom stereocenters. The molecule has 2 atom stereocenters. The normalized spacial score (nSPS) is 18.3. The van der Waals surface area contributed by atoms with Crippen molar-refractivity contribution in [2.24, 2.45) is 0 Å². The van der Waals surface area contributed by atoms with Gasteiger partial charge < -0.3 is 44.1 Å². The molecular formula is C46H58N6O8S2Si. The van der Waals surface area contributed by atoms with Crippen LogP contribution in [0.2, 0.25) is 18.1 Å². The summed E-state index contributed by atoms with van der Waals surface area (Å²) in [6.45, 7) is 15.5. The van der Waals surface area contributed by atoms with Crippen LogP contribution >= 0.6 is 22.7 Å². The van der Waals surface area contributed by atoms with Gasteiger partial charge in [-0.25, -0.2) is 9.48 Å². The number of nitrogens with zero attached hydrogens (tertiary/aromatic N) is 4. The molecular weight excluding hydrogens is 857 g/mol. The van der Waals surface area contributed by atoms with Gasteiger partial charge in [0.15, 0.2) is 19.8 Å². The number of pyridine rings is 1. The maximum absolute atomic E-state index is 13.6. The number of hydrogen-bond donors (Lipinski definition) is 4. The molecule has 336 valence electrons. The molecule has 1 saturated carbocycles. The number of H-pyrrole nitrogens is 1. The van der Waals surface area contributed by atoms with E-state index in [1.54, 1.807) is 18.2 Å². The average Bonchev–Trinajstić information content (AvgIpc) is 4.09. The van der Waals surface area contributed by atoms with Gasteiger partial charge in [0, 0.05) is 47.6 Å². The van der Waals surface area contributed by atoms with Crippen LogP contribution in [0, 0.1) is 6.92 Å². The van der Waals surface area contributed by atoms with Gasteiger partial charge in [-0.05, 0) is 118 Å². The van der Waals surface area contributed by atoms with Gasteiger partial charge in [-0.2, -0.15) is 0 Å². The SMILES string of the molecule is Cc1ccc([C@](O)(C(=O)O[C@H]2CC[C@H](N(C)CCCn3nnc4cc(CNC[C@H](O[Si](C)(C)C(C)(C)C)c5ccc(O)c6[nH]c(=O)ccc56)c5c(c43)OCO5)CC2)c2cccs2)s1. The Morgan fingerprint density at radius 1 is 1.08 bits per heavy atom. The number of aliphatic hydroxyl groups is 1. The number of aryl methyl sites for hydroxylation is 2. The van der Waals surface area contributed by atoms with Crippen molar-refractivity contribution >= 4 is 58.9 Å². The third-order valence-electron chi connectivity index (χ3n) is 13.0. The number of nitrogens with one attached hydrogen (secondary N) is 2. The number of carbonyl (C=O) groups is 1. The van der Waals surface area contributed by atoms with E-state index in [4.69, 9.17) is 18.6 Å². The number of aromatic amines is 1. The van der Waals surface area contributed by atoms with Gasteiger partial charge in [-0.15, -0.1) is 27.8 Å². The second-order valence-corrected chi connectivity index (χ2v) is 25.3. The Morgan fingerprint density at radius 3 is 2.57 bits per heavy atom. The van der Waals surface area contributed by atoms with Crippen LogP contribution in [0.3, 0.4) is 0 Å². The van der Waals surface area contributed by atoms with E-state index in [0.29, 0.717) is 52.4 Å². The van der Waals surface area contributed by atoms with Crippen LogP contribution in [-0.4, -0.2) is 88.5 Å². The monoisotopic (exact) mass is 914 g/mol. The first-order valence-corrected chi connectivity index (χ1v) is 26.3. The summed E-state index contributed by atoms with van der Waals surface area (Å²) < 4.78 is 27.1. The maximum Gasteiger partial charge on any atom is 0.349 e. The van der Waals surface area contributed by atoms with E-state index in [9.17, 15) is 19.8 Å². The third kappa shape index (κ3) is 9.19. The van der Waals surface area contributed by atoms with Gasteiger partial charge in [-0.3, -0.25) is 4.79 Å².